The molecule has 1 rings (SSSR count). The van der Waals surface area contributed by atoms with Crippen molar-refractivity contribution in [1.29, 1.82) is 0 Å². The standard InChI is InChI=1S/C11H12ClF3N2O3/c1-20-3-2-16-9(18)6-17-5-7(11(13,14)15)4-8(12)10(17)19/h4-5H,2-3,6H2,1H3,(H,16,18). The van der Waals surface area contributed by atoms with Crippen LogP contribution in [0.2, 0.25) is 5.02 Å². The fourth-order valence-electron chi connectivity index (χ4n) is 1.37. The van der Waals surface area contributed by atoms with E-state index in [0.29, 0.717) is 16.8 Å². The Morgan fingerprint density at radius 3 is 2.70 bits per heavy atom. The first kappa shape index (κ1) is 16.5. The second kappa shape index (κ2) is 6.76. The van der Waals surface area contributed by atoms with Gasteiger partial charge in [-0.1, -0.05) is 11.6 Å². The smallest absolute Gasteiger partial charge is 0.383 e. The van der Waals surface area contributed by atoms with Crippen LogP contribution in [0.25, 0.3) is 0 Å². The minimum absolute atomic E-state index is 0.191. The number of methoxy groups -OCH3 is 1. The van der Waals surface area contributed by atoms with Crippen molar-refractivity contribution in [3.05, 3.63) is 33.2 Å². The van der Waals surface area contributed by atoms with E-state index in [0.717, 1.165) is 0 Å². The fraction of sp³-hybridized carbons (Fsp3) is 0.455. The molecule has 0 saturated carbocycles. The Kier molecular flexibility index (Phi) is 5.58. The molecule has 0 atom stereocenters. The van der Waals surface area contributed by atoms with Crippen molar-refractivity contribution in [1.82, 2.24) is 9.88 Å². The van der Waals surface area contributed by atoms with E-state index < -0.39 is 34.8 Å². The molecule has 0 spiro atoms. The van der Waals surface area contributed by atoms with Crippen LogP contribution in [0, 0.1) is 0 Å². The zero-order chi connectivity index (χ0) is 15.3. The van der Waals surface area contributed by atoms with Crippen LogP contribution in [0.3, 0.4) is 0 Å². The van der Waals surface area contributed by atoms with Crippen LogP contribution in [-0.4, -0.2) is 30.7 Å². The molecule has 1 amide bonds. The Bertz CT molecular complexity index is 543. The van der Waals surface area contributed by atoms with Crippen LogP contribution in [-0.2, 0) is 22.3 Å². The molecule has 0 aliphatic carbocycles. The van der Waals surface area contributed by atoms with Gasteiger partial charge in [-0.3, -0.25) is 9.59 Å². The quantitative estimate of drug-likeness (QED) is 0.833. The highest BCUT2D eigenvalue weighted by molar-refractivity contribution is 6.30. The summed E-state index contributed by atoms with van der Waals surface area (Å²) in [6.07, 6.45) is -4.09. The average Bonchev–Trinajstić information content (AvgIpc) is 2.33. The van der Waals surface area contributed by atoms with Gasteiger partial charge in [0.2, 0.25) is 5.91 Å². The summed E-state index contributed by atoms with van der Waals surface area (Å²) in [5.41, 5.74) is -1.95. The van der Waals surface area contributed by atoms with Gasteiger partial charge in [-0.2, -0.15) is 13.2 Å². The Hall–Kier alpha value is -1.54. The van der Waals surface area contributed by atoms with E-state index in [2.05, 4.69) is 5.32 Å². The molecule has 1 aromatic rings. The normalized spacial score (nSPS) is 11.4. The molecular weight excluding hydrogens is 301 g/mol. The SMILES string of the molecule is COCCNC(=O)Cn1cc(C(F)(F)F)cc(Cl)c1=O. The number of rotatable bonds is 5. The average molecular weight is 313 g/mol. The Balaban J connectivity index is 2.92. The Morgan fingerprint density at radius 1 is 1.50 bits per heavy atom. The molecule has 1 N–H and O–H groups in total. The fourth-order valence-corrected chi connectivity index (χ4v) is 1.60. The lowest BCUT2D eigenvalue weighted by Crippen LogP contribution is -2.34. The van der Waals surface area contributed by atoms with Crippen LogP contribution in [0.15, 0.2) is 17.1 Å². The minimum Gasteiger partial charge on any atom is -0.383 e. The van der Waals surface area contributed by atoms with Crippen molar-refractivity contribution in [3.63, 3.8) is 0 Å². The molecule has 0 fully saturated rings. The van der Waals surface area contributed by atoms with Gasteiger partial charge in [-0.05, 0) is 6.07 Å². The summed E-state index contributed by atoms with van der Waals surface area (Å²) in [6.45, 7) is -0.104. The van der Waals surface area contributed by atoms with Gasteiger partial charge >= 0.3 is 6.18 Å². The predicted molar refractivity (Wildman–Crippen MR) is 65.6 cm³/mol. The monoisotopic (exact) mass is 312 g/mol. The summed E-state index contributed by atoms with van der Waals surface area (Å²) >= 11 is 5.45. The van der Waals surface area contributed by atoms with Gasteiger partial charge in [0, 0.05) is 19.9 Å². The van der Waals surface area contributed by atoms with E-state index in [9.17, 15) is 22.8 Å². The second-order valence-electron chi connectivity index (χ2n) is 3.85. The Morgan fingerprint density at radius 2 is 2.15 bits per heavy atom. The topological polar surface area (TPSA) is 60.3 Å². The zero-order valence-electron chi connectivity index (χ0n) is 10.5. The second-order valence-corrected chi connectivity index (χ2v) is 4.26. The largest absolute Gasteiger partial charge is 0.417 e. The molecule has 0 aliphatic heterocycles. The molecule has 9 heteroatoms. The van der Waals surface area contributed by atoms with Gasteiger partial charge in [0.25, 0.3) is 5.56 Å². The molecule has 0 aliphatic rings. The highest BCUT2D eigenvalue weighted by Crippen LogP contribution is 2.29. The van der Waals surface area contributed by atoms with Crippen LogP contribution in [0.4, 0.5) is 13.2 Å². The third-order valence-corrected chi connectivity index (χ3v) is 2.58. The van der Waals surface area contributed by atoms with Crippen LogP contribution in [0.1, 0.15) is 5.56 Å². The molecule has 1 heterocycles. The number of nitrogens with zero attached hydrogens (tertiary/aromatic N) is 1. The van der Waals surface area contributed by atoms with E-state index >= 15 is 0 Å². The number of ether oxygens (including phenoxy) is 1. The number of nitrogens with one attached hydrogen (secondary N) is 1. The molecule has 0 radical (unpaired) electrons. The van der Waals surface area contributed by atoms with E-state index in [1.807, 2.05) is 0 Å². The molecule has 20 heavy (non-hydrogen) atoms. The van der Waals surface area contributed by atoms with Crippen molar-refractivity contribution < 1.29 is 22.7 Å². The highest BCUT2D eigenvalue weighted by Gasteiger charge is 2.32. The van der Waals surface area contributed by atoms with Crippen molar-refractivity contribution in [3.8, 4) is 0 Å². The van der Waals surface area contributed by atoms with E-state index in [1.165, 1.54) is 7.11 Å². The van der Waals surface area contributed by atoms with Crippen molar-refractivity contribution in [2.24, 2.45) is 0 Å². The number of pyridine rings is 1. The number of aromatic nitrogens is 1. The van der Waals surface area contributed by atoms with Crippen molar-refractivity contribution in [2.75, 3.05) is 20.3 Å². The maximum atomic E-state index is 12.6. The van der Waals surface area contributed by atoms with Gasteiger partial charge in [0.15, 0.2) is 0 Å². The van der Waals surface area contributed by atoms with E-state index in [1.54, 1.807) is 0 Å². The van der Waals surface area contributed by atoms with E-state index in [-0.39, 0.29) is 13.2 Å². The maximum Gasteiger partial charge on any atom is 0.417 e. The molecule has 0 unspecified atom stereocenters. The lowest BCUT2D eigenvalue weighted by molar-refractivity contribution is -0.138. The number of hydrogen-bond acceptors (Lipinski definition) is 3. The summed E-state index contributed by atoms with van der Waals surface area (Å²) < 4.78 is 43.0. The molecule has 0 saturated heterocycles. The van der Waals surface area contributed by atoms with Gasteiger partial charge in [-0.15, -0.1) is 0 Å². The molecule has 112 valence electrons. The van der Waals surface area contributed by atoms with Crippen LogP contribution < -0.4 is 10.9 Å². The highest BCUT2D eigenvalue weighted by atomic mass is 35.5. The van der Waals surface area contributed by atoms with Crippen molar-refractivity contribution in [2.45, 2.75) is 12.7 Å². The zero-order valence-corrected chi connectivity index (χ0v) is 11.2. The molecule has 1 aromatic heterocycles. The third-order valence-electron chi connectivity index (χ3n) is 2.31. The molecular formula is C11H12ClF3N2O3. The number of carbonyl (C=O) groups excluding carboxylic acids is 1. The lowest BCUT2D eigenvalue weighted by Gasteiger charge is -2.11. The predicted octanol–water partition coefficient (Wildman–Crippen LogP) is 1.28. The summed E-state index contributed by atoms with van der Waals surface area (Å²) in [6, 6.07) is 0.531. The van der Waals surface area contributed by atoms with Gasteiger partial charge in [-0.25, -0.2) is 0 Å². The van der Waals surface area contributed by atoms with Crippen molar-refractivity contribution >= 4 is 17.5 Å². The van der Waals surface area contributed by atoms with Gasteiger partial charge in [0.05, 0.1) is 12.2 Å². The first-order valence-electron chi connectivity index (χ1n) is 5.48. The Labute approximate surface area is 117 Å². The third kappa shape index (κ3) is 4.53. The number of halogens is 4. The first-order valence-corrected chi connectivity index (χ1v) is 5.86. The summed E-state index contributed by atoms with van der Waals surface area (Å²) in [4.78, 5) is 23.0. The number of alkyl halides is 3. The van der Waals surface area contributed by atoms with Crippen LogP contribution >= 0.6 is 11.6 Å². The summed E-state index contributed by atoms with van der Waals surface area (Å²) in [7, 11) is 1.43. The minimum atomic E-state index is -4.65. The maximum absolute atomic E-state index is 12.6. The number of hydrogen-bond donors (Lipinski definition) is 1. The number of carbonyl (C=O) groups is 1. The van der Waals surface area contributed by atoms with Crippen LogP contribution in [0.5, 0.6) is 0 Å². The molecule has 5 nitrogen and oxygen atoms in total. The summed E-state index contributed by atoms with van der Waals surface area (Å²) in [5.74, 6) is -0.612. The summed E-state index contributed by atoms with van der Waals surface area (Å²) in [5, 5.41) is 1.80. The molecule has 0 aromatic carbocycles. The lowest BCUT2D eigenvalue weighted by atomic mass is 10.2. The number of amides is 1. The molecule has 0 bridgehead atoms. The van der Waals surface area contributed by atoms with Gasteiger partial charge < -0.3 is 14.6 Å². The van der Waals surface area contributed by atoms with Gasteiger partial charge in [0.1, 0.15) is 11.6 Å². The van der Waals surface area contributed by atoms with E-state index in [4.69, 9.17) is 16.3 Å². The first-order chi connectivity index (χ1) is 9.25.